The fourth-order valence-corrected chi connectivity index (χ4v) is 8.56. The molecule has 3 heterocycles. The Morgan fingerprint density at radius 2 is 1.02 bits per heavy atom. The standard InChI is InChI=1S/C43H29NO3S/c45-48(46)26-32-20-18-30(34-24-39(28-10-3-1-4-11-28)44-40(25-34)29-12-5-2-6-13-29)22-37(32)38-23-31(19-21-33(38)27-48)35-15-9-17-42-43(35)36-14-7-8-16-41(36)47-42/h1-25H,26-27H2. The highest BCUT2D eigenvalue weighted by Gasteiger charge is 2.25. The van der Waals surface area contributed by atoms with Gasteiger partial charge in [-0.2, -0.15) is 0 Å². The summed E-state index contributed by atoms with van der Waals surface area (Å²) in [5, 5.41) is 2.12. The van der Waals surface area contributed by atoms with Crippen LogP contribution in [0.4, 0.5) is 0 Å². The Hall–Kier alpha value is -5.78. The first-order valence-electron chi connectivity index (χ1n) is 16.0. The van der Waals surface area contributed by atoms with Crippen LogP contribution in [0.3, 0.4) is 0 Å². The number of fused-ring (bicyclic) bond motifs is 6. The largest absolute Gasteiger partial charge is 0.456 e. The van der Waals surface area contributed by atoms with Crippen molar-refractivity contribution in [3.05, 3.63) is 163 Å². The van der Waals surface area contributed by atoms with Gasteiger partial charge in [0, 0.05) is 21.9 Å². The Kier molecular flexibility index (Phi) is 6.63. The Bertz CT molecular complexity index is 2570. The van der Waals surface area contributed by atoms with E-state index in [9.17, 15) is 8.42 Å². The molecule has 48 heavy (non-hydrogen) atoms. The fraction of sp³-hybridized carbons (Fsp3) is 0.0465. The van der Waals surface area contributed by atoms with Gasteiger partial charge in [-0.3, -0.25) is 0 Å². The van der Waals surface area contributed by atoms with E-state index in [1.54, 1.807) is 0 Å². The van der Waals surface area contributed by atoms with Crippen LogP contribution in [-0.2, 0) is 21.3 Å². The lowest BCUT2D eigenvalue weighted by Gasteiger charge is -2.15. The van der Waals surface area contributed by atoms with Crippen molar-refractivity contribution in [3.8, 4) is 55.9 Å². The van der Waals surface area contributed by atoms with Crippen molar-refractivity contribution in [1.82, 2.24) is 4.98 Å². The lowest BCUT2D eigenvalue weighted by atomic mass is 9.89. The highest BCUT2D eigenvalue weighted by molar-refractivity contribution is 7.89. The first-order valence-corrected chi connectivity index (χ1v) is 17.8. The monoisotopic (exact) mass is 639 g/mol. The smallest absolute Gasteiger partial charge is 0.158 e. The van der Waals surface area contributed by atoms with E-state index in [4.69, 9.17) is 9.40 Å². The van der Waals surface area contributed by atoms with Gasteiger partial charge in [-0.1, -0.05) is 115 Å². The molecule has 0 saturated carbocycles. The minimum absolute atomic E-state index is 0.00294. The maximum Gasteiger partial charge on any atom is 0.158 e. The van der Waals surface area contributed by atoms with E-state index in [0.717, 1.165) is 89.0 Å². The van der Waals surface area contributed by atoms with Crippen LogP contribution >= 0.6 is 0 Å². The van der Waals surface area contributed by atoms with E-state index in [2.05, 4.69) is 60.7 Å². The molecule has 2 aromatic heterocycles. The lowest BCUT2D eigenvalue weighted by Crippen LogP contribution is -2.05. The molecule has 4 nitrogen and oxygen atoms in total. The van der Waals surface area contributed by atoms with E-state index in [0.29, 0.717) is 0 Å². The SMILES string of the molecule is O=S1(=O)Cc2ccc(-c3cc(-c4ccccc4)nc(-c4ccccc4)c3)cc2-c2cc(-c3cccc4oc5ccccc5c34)ccc2C1. The summed E-state index contributed by atoms with van der Waals surface area (Å²) in [4.78, 5) is 5.06. The van der Waals surface area contributed by atoms with Crippen molar-refractivity contribution in [2.75, 3.05) is 0 Å². The number of hydrogen-bond donors (Lipinski definition) is 0. The van der Waals surface area contributed by atoms with Crippen LogP contribution in [0.25, 0.3) is 77.8 Å². The molecule has 6 aromatic carbocycles. The van der Waals surface area contributed by atoms with Crippen molar-refractivity contribution in [2.45, 2.75) is 11.5 Å². The Labute approximate surface area is 278 Å². The molecule has 0 amide bonds. The number of hydrogen-bond acceptors (Lipinski definition) is 4. The average Bonchev–Trinajstić information content (AvgIpc) is 3.46. The van der Waals surface area contributed by atoms with Crippen LogP contribution in [0, 0.1) is 0 Å². The second kappa shape index (κ2) is 11.2. The van der Waals surface area contributed by atoms with Gasteiger partial charge >= 0.3 is 0 Å². The maximum atomic E-state index is 13.4. The zero-order chi connectivity index (χ0) is 32.2. The molecule has 1 aliphatic rings. The van der Waals surface area contributed by atoms with E-state index in [-0.39, 0.29) is 11.5 Å². The van der Waals surface area contributed by atoms with Crippen LogP contribution in [0.5, 0.6) is 0 Å². The highest BCUT2D eigenvalue weighted by Crippen LogP contribution is 2.42. The summed E-state index contributed by atoms with van der Waals surface area (Å²) in [6.45, 7) is 0. The number of benzene rings is 6. The highest BCUT2D eigenvalue weighted by atomic mass is 32.2. The summed E-state index contributed by atoms with van der Waals surface area (Å²) in [7, 11) is -3.37. The molecule has 230 valence electrons. The van der Waals surface area contributed by atoms with Gasteiger partial charge in [-0.15, -0.1) is 0 Å². The number of rotatable bonds is 4. The number of furan rings is 1. The first-order chi connectivity index (χ1) is 23.5. The molecule has 5 heteroatoms. The number of nitrogens with zero attached hydrogens (tertiary/aromatic N) is 1. The van der Waals surface area contributed by atoms with Gasteiger partial charge in [0.25, 0.3) is 0 Å². The quantitative estimate of drug-likeness (QED) is 0.192. The van der Waals surface area contributed by atoms with Crippen molar-refractivity contribution < 1.29 is 12.8 Å². The molecule has 0 atom stereocenters. The second-order valence-corrected chi connectivity index (χ2v) is 14.5. The number of sulfone groups is 1. The first kappa shape index (κ1) is 28.4. The van der Waals surface area contributed by atoms with E-state index >= 15 is 0 Å². The van der Waals surface area contributed by atoms with Gasteiger partial charge in [0.05, 0.1) is 22.9 Å². The molecule has 0 spiro atoms. The van der Waals surface area contributed by atoms with E-state index in [1.165, 1.54) is 0 Å². The average molecular weight is 640 g/mol. The number of para-hydroxylation sites is 1. The molecule has 0 saturated heterocycles. The van der Waals surface area contributed by atoms with Gasteiger partial charge in [0.15, 0.2) is 9.84 Å². The molecular formula is C43H29NO3S. The summed E-state index contributed by atoms with van der Waals surface area (Å²) < 4.78 is 32.9. The normalized spacial score (nSPS) is 13.6. The summed E-state index contributed by atoms with van der Waals surface area (Å²) in [5.41, 5.74) is 13.1. The van der Waals surface area contributed by atoms with Gasteiger partial charge in [0.2, 0.25) is 0 Å². The second-order valence-electron chi connectivity index (χ2n) is 12.4. The molecule has 0 bridgehead atoms. The minimum Gasteiger partial charge on any atom is -0.456 e. The van der Waals surface area contributed by atoms with Crippen LogP contribution in [0.2, 0.25) is 0 Å². The van der Waals surface area contributed by atoms with Gasteiger partial charge < -0.3 is 4.42 Å². The Balaban J connectivity index is 1.24. The summed E-state index contributed by atoms with van der Waals surface area (Å²) in [5.74, 6) is -0.00745. The van der Waals surface area contributed by atoms with E-state index < -0.39 is 9.84 Å². The van der Waals surface area contributed by atoms with Crippen LogP contribution in [0.15, 0.2) is 156 Å². The zero-order valence-electron chi connectivity index (χ0n) is 25.9. The molecule has 0 aliphatic carbocycles. The summed E-state index contributed by atoms with van der Waals surface area (Å²) in [6, 6.07) is 51.2. The predicted octanol–water partition coefficient (Wildman–Crippen LogP) is 10.7. The predicted molar refractivity (Wildman–Crippen MR) is 195 cm³/mol. The zero-order valence-corrected chi connectivity index (χ0v) is 26.7. The van der Waals surface area contributed by atoms with Gasteiger partial charge in [-0.05, 0) is 80.9 Å². The van der Waals surface area contributed by atoms with Crippen molar-refractivity contribution in [3.63, 3.8) is 0 Å². The van der Waals surface area contributed by atoms with Gasteiger partial charge in [0.1, 0.15) is 11.2 Å². The molecule has 8 aromatic rings. The lowest BCUT2D eigenvalue weighted by molar-refractivity contribution is 0.595. The fourth-order valence-electron chi connectivity index (χ4n) is 7.00. The van der Waals surface area contributed by atoms with Crippen LogP contribution in [0.1, 0.15) is 11.1 Å². The third-order valence-corrected chi connectivity index (χ3v) is 10.8. The number of pyridine rings is 1. The third-order valence-electron chi connectivity index (χ3n) is 9.27. The molecule has 0 N–H and O–H groups in total. The van der Waals surface area contributed by atoms with Crippen molar-refractivity contribution >= 4 is 31.8 Å². The number of aromatic nitrogens is 1. The minimum atomic E-state index is -3.37. The molecule has 0 fully saturated rings. The Morgan fingerprint density at radius 3 is 1.69 bits per heavy atom. The van der Waals surface area contributed by atoms with E-state index in [1.807, 2.05) is 91.0 Å². The molecule has 0 unspecified atom stereocenters. The third kappa shape index (κ3) is 5.00. The molecule has 9 rings (SSSR count). The molecular weight excluding hydrogens is 611 g/mol. The summed E-state index contributed by atoms with van der Waals surface area (Å²) >= 11 is 0. The molecule has 0 radical (unpaired) electrons. The van der Waals surface area contributed by atoms with Crippen molar-refractivity contribution in [1.29, 1.82) is 0 Å². The molecule has 1 aliphatic heterocycles. The topological polar surface area (TPSA) is 60.2 Å². The van der Waals surface area contributed by atoms with Crippen LogP contribution < -0.4 is 0 Å². The van der Waals surface area contributed by atoms with Gasteiger partial charge in [-0.25, -0.2) is 13.4 Å². The summed E-state index contributed by atoms with van der Waals surface area (Å²) in [6.07, 6.45) is 0. The Morgan fingerprint density at radius 1 is 0.458 bits per heavy atom. The van der Waals surface area contributed by atoms with Crippen LogP contribution in [-0.4, -0.2) is 13.4 Å². The maximum absolute atomic E-state index is 13.4. The van der Waals surface area contributed by atoms with Crippen molar-refractivity contribution in [2.24, 2.45) is 0 Å².